The summed E-state index contributed by atoms with van der Waals surface area (Å²) in [5.41, 5.74) is 0. The standard InChI is InChI=1S/C12H14O2/c1-2-11(13-9-4-5-9)8-12(3-1)14-10-6-7-10/h1-3,8-10H,4-7H2. The molecule has 14 heavy (non-hydrogen) atoms. The second kappa shape index (κ2) is 3.19. The first kappa shape index (κ1) is 8.16. The summed E-state index contributed by atoms with van der Waals surface area (Å²) >= 11 is 0. The summed E-state index contributed by atoms with van der Waals surface area (Å²) in [7, 11) is 0. The van der Waals surface area contributed by atoms with Crippen molar-refractivity contribution in [1.82, 2.24) is 0 Å². The molecule has 0 amide bonds. The average Bonchev–Trinajstić information content (AvgIpc) is 3.00. The predicted octanol–water partition coefficient (Wildman–Crippen LogP) is 2.77. The largest absolute Gasteiger partial charge is 0.490 e. The van der Waals surface area contributed by atoms with Crippen molar-refractivity contribution in [3.8, 4) is 11.5 Å². The molecule has 3 rings (SSSR count). The topological polar surface area (TPSA) is 18.5 Å². The van der Waals surface area contributed by atoms with Crippen LogP contribution in [0.2, 0.25) is 0 Å². The highest BCUT2D eigenvalue weighted by Gasteiger charge is 2.25. The minimum absolute atomic E-state index is 0.464. The molecule has 0 atom stereocenters. The highest BCUT2D eigenvalue weighted by atomic mass is 16.5. The molecule has 2 aliphatic carbocycles. The molecular formula is C12H14O2. The Balaban J connectivity index is 1.68. The third-order valence-corrected chi connectivity index (χ3v) is 2.46. The maximum absolute atomic E-state index is 5.69. The van der Waals surface area contributed by atoms with Gasteiger partial charge in [0.1, 0.15) is 11.5 Å². The van der Waals surface area contributed by atoms with Crippen molar-refractivity contribution in [2.45, 2.75) is 37.9 Å². The number of hydrogen-bond acceptors (Lipinski definition) is 2. The second-order valence-corrected chi connectivity index (χ2v) is 4.11. The highest BCUT2D eigenvalue weighted by molar-refractivity contribution is 5.33. The van der Waals surface area contributed by atoms with Crippen molar-refractivity contribution in [2.75, 3.05) is 0 Å². The summed E-state index contributed by atoms with van der Waals surface area (Å²) in [5.74, 6) is 1.90. The van der Waals surface area contributed by atoms with Crippen LogP contribution in [0.1, 0.15) is 25.7 Å². The zero-order chi connectivity index (χ0) is 9.38. The minimum atomic E-state index is 0.464. The quantitative estimate of drug-likeness (QED) is 0.726. The Bertz CT molecular complexity index is 298. The lowest BCUT2D eigenvalue weighted by Crippen LogP contribution is -1.98. The van der Waals surface area contributed by atoms with Crippen LogP contribution in [-0.2, 0) is 0 Å². The van der Waals surface area contributed by atoms with Crippen LogP contribution in [0, 0.1) is 0 Å². The highest BCUT2D eigenvalue weighted by Crippen LogP contribution is 2.31. The van der Waals surface area contributed by atoms with Crippen molar-refractivity contribution >= 4 is 0 Å². The number of benzene rings is 1. The van der Waals surface area contributed by atoms with Gasteiger partial charge in [0, 0.05) is 6.07 Å². The van der Waals surface area contributed by atoms with Gasteiger partial charge in [-0.3, -0.25) is 0 Å². The van der Waals surface area contributed by atoms with Gasteiger partial charge in [0.25, 0.3) is 0 Å². The summed E-state index contributed by atoms with van der Waals surface area (Å²) in [4.78, 5) is 0. The van der Waals surface area contributed by atoms with E-state index in [0.29, 0.717) is 12.2 Å². The van der Waals surface area contributed by atoms with Gasteiger partial charge in [0.2, 0.25) is 0 Å². The lowest BCUT2D eigenvalue weighted by atomic mass is 10.3. The first-order valence-corrected chi connectivity index (χ1v) is 5.33. The zero-order valence-corrected chi connectivity index (χ0v) is 8.11. The number of ether oxygens (including phenoxy) is 2. The van der Waals surface area contributed by atoms with Crippen LogP contribution >= 0.6 is 0 Å². The van der Waals surface area contributed by atoms with Crippen molar-refractivity contribution in [3.63, 3.8) is 0 Å². The van der Waals surface area contributed by atoms with Gasteiger partial charge in [0.15, 0.2) is 0 Å². The van der Waals surface area contributed by atoms with Crippen LogP contribution < -0.4 is 9.47 Å². The Hall–Kier alpha value is -1.18. The molecule has 1 aromatic carbocycles. The first-order chi connectivity index (χ1) is 6.90. The Morgan fingerprint density at radius 2 is 1.36 bits per heavy atom. The molecule has 2 aliphatic rings. The molecule has 74 valence electrons. The van der Waals surface area contributed by atoms with Gasteiger partial charge >= 0.3 is 0 Å². The van der Waals surface area contributed by atoms with E-state index >= 15 is 0 Å². The fraction of sp³-hybridized carbons (Fsp3) is 0.500. The summed E-state index contributed by atoms with van der Waals surface area (Å²) in [6.45, 7) is 0. The normalized spacial score (nSPS) is 20.6. The second-order valence-electron chi connectivity index (χ2n) is 4.11. The van der Waals surface area contributed by atoms with Crippen LogP contribution in [0.25, 0.3) is 0 Å². The number of hydrogen-bond donors (Lipinski definition) is 0. The van der Waals surface area contributed by atoms with Crippen molar-refractivity contribution < 1.29 is 9.47 Å². The third kappa shape index (κ3) is 2.00. The molecular weight excluding hydrogens is 176 g/mol. The van der Waals surface area contributed by atoms with E-state index in [2.05, 4.69) is 0 Å². The fourth-order valence-corrected chi connectivity index (χ4v) is 1.38. The van der Waals surface area contributed by atoms with E-state index in [-0.39, 0.29) is 0 Å². The maximum Gasteiger partial charge on any atom is 0.123 e. The Labute approximate surface area is 83.8 Å². The Kier molecular flexibility index (Phi) is 1.86. The first-order valence-electron chi connectivity index (χ1n) is 5.33. The van der Waals surface area contributed by atoms with Crippen molar-refractivity contribution in [1.29, 1.82) is 0 Å². The Morgan fingerprint density at radius 3 is 1.79 bits per heavy atom. The van der Waals surface area contributed by atoms with Crippen LogP contribution in [0.15, 0.2) is 24.3 Å². The van der Waals surface area contributed by atoms with E-state index in [4.69, 9.17) is 9.47 Å². The smallest absolute Gasteiger partial charge is 0.123 e. The molecule has 2 heteroatoms. The summed E-state index contributed by atoms with van der Waals surface area (Å²) in [6, 6.07) is 7.99. The predicted molar refractivity (Wildman–Crippen MR) is 53.7 cm³/mol. The van der Waals surface area contributed by atoms with E-state index in [1.807, 2.05) is 24.3 Å². The molecule has 0 bridgehead atoms. The van der Waals surface area contributed by atoms with E-state index < -0.39 is 0 Å². The Morgan fingerprint density at radius 1 is 0.857 bits per heavy atom. The molecule has 0 aromatic heterocycles. The molecule has 2 saturated carbocycles. The van der Waals surface area contributed by atoms with Crippen molar-refractivity contribution in [2.24, 2.45) is 0 Å². The van der Waals surface area contributed by atoms with Gasteiger partial charge in [-0.15, -0.1) is 0 Å². The fourth-order valence-electron chi connectivity index (χ4n) is 1.38. The van der Waals surface area contributed by atoms with Crippen LogP contribution in [0.5, 0.6) is 11.5 Å². The summed E-state index contributed by atoms with van der Waals surface area (Å²) in [6.07, 6.45) is 5.74. The van der Waals surface area contributed by atoms with Crippen molar-refractivity contribution in [3.05, 3.63) is 24.3 Å². The van der Waals surface area contributed by atoms with Crippen LogP contribution in [-0.4, -0.2) is 12.2 Å². The van der Waals surface area contributed by atoms with E-state index in [1.54, 1.807) is 0 Å². The van der Waals surface area contributed by atoms with Gasteiger partial charge in [0.05, 0.1) is 12.2 Å². The lowest BCUT2D eigenvalue weighted by Gasteiger charge is -2.07. The molecule has 0 radical (unpaired) electrons. The molecule has 0 spiro atoms. The molecule has 2 nitrogen and oxygen atoms in total. The van der Waals surface area contributed by atoms with Gasteiger partial charge in [-0.25, -0.2) is 0 Å². The molecule has 0 heterocycles. The summed E-state index contributed by atoms with van der Waals surface area (Å²) < 4.78 is 11.4. The molecule has 0 saturated heterocycles. The SMILES string of the molecule is c1cc(OC2CC2)cc(OC2CC2)c1. The number of rotatable bonds is 4. The molecule has 0 unspecified atom stereocenters. The zero-order valence-electron chi connectivity index (χ0n) is 8.11. The average molecular weight is 190 g/mol. The molecule has 0 aliphatic heterocycles. The van der Waals surface area contributed by atoms with Gasteiger partial charge in [-0.05, 0) is 37.8 Å². The van der Waals surface area contributed by atoms with E-state index in [9.17, 15) is 0 Å². The maximum atomic E-state index is 5.69. The minimum Gasteiger partial charge on any atom is -0.490 e. The van der Waals surface area contributed by atoms with Gasteiger partial charge in [-0.2, -0.15) is 0 Å². The molecule has 2 fully saturated rings. The van der Waals surface area contributed by atoms with Gasteiger partial charge in [-0.1, -0.05) is 6.07 Å². The van der Waals surface area contributed by atoms with Gasteiger partial charge < -0.3 is 9.47 Å². The molecule has 1 aromatic rings. The van der Waals surface area contributed by atoms with Crippen LogP contribution in [0.3, 0.4) is 0 Å². The van der Waals surface area contributed by atoms with Crippen LogP contribution in [0.4, 0.5) is 0 Å². The summed E-state index contributed by atoms with van der Waals surface area (Å²) in [5, 5.41) is 0. The van der Waals surface area contributed by atoms with E-state index in [1.165, 1.54) is 25.7 Å². The monoisotopic (exact) mass is 190 g/mol. The lowest BCUT2D eigenvalue weighted by molar-refractivity contribution is 0.287. The van der Waals surface area contributed by atoms with E-state index in [0.717, 1.165) is 11.5 Å². The molecule has 0 N–H and O–H groups in total. The third-order valence-electron chi connectivity index (χ3n) is 2.46.